The molecule has 88 valence electrons. The van der Waals surface area contributed by atoms with Crippen LogP contribution in [0.5, 0.6) is 0 Å². The van der Waals surface area contributed by atoms with Gasteiger partial charge in [-0.25, -0.2) is 0 Å². The van der Waals surface area contributed by atoms with Crippen molar-refractivity contribution in [1.82, 2.24) is 4.98 Å². The Kier molecular flexibility index (Phi) is 3.89. The standard InChI is InChI=1S/C15H18N2/c1-12-6-5-11-17-15(12)14(16)10-9-13-7-3-2-4-8-13/h2-8,11,14H,9-10,16H2,1H3. The van der Waals surface area contributed by atoms with Crippen LogP contribution in [0.3, 0.4) is 0 Å². The largest absolute Gasteiger partial charge is 0.323 e. The monoisotopic (exact) mass is 226 g/mol. The van der Waals surface area contributed by atoms with Crippen LogP contribution in [0.1, 0.15) is 29.3 Å². The summed E-state index contributed by atoms with van der Waals surface area (Å²) in [6, 6.07) is 14.5. The Labute approximate surface area is 103 Å². The Morgan fingerprint density at radius 2 is 1.88 bits per heavy atom. The lowest BCUT2D eigenvalue weighted by Crippen LogP contribution is -2.14. The molecule has 1 aromatic carbocycles. The third-order valence-corrected chi connectivity index (χ3v) is 2.99. The van der Waals surface area contributed by atoms with Crippen LogP contribution in [0.25, 0.3) is 0 Å². The number of pyridine rings is 1. The minimum atomic E-state index is 0.0245. The van der Waals surface area contributed by atoms with Gasteiger partial charge in [-0.2, -0.15) is 0 Å². The SMILES string of the molecule is Cc1cccnc1C(N)CCc1ccccc1. The zero-order chi connectivity index (χ0) is 12.1. The number of aromatic nitrogens is 1. The van der Waals surface area contributed by atoms with Gasteiger partial charge in [0.1, 0.15) is 0 Å². The quantitative estimate of drug-likeness (QED) is 0.870. The minimum absolute atomic E-state index is 0.0245. The average molecular weight is 226 g/mol. The van der Waals surface area contributed by atoms with E-state index in [1.165, 1.54) is 11.1 Å². The smallest absolute Gasteiger partial charge is 0.0600 e. The second-order valence-electron chi connectivity index (χ2n) is 4.34. The van der Waals surface area contributed by atoms with Gasteiger partial charge in [-0.3, -0.25) is 4.98 Å². The summed E-state index contributed by atoms with van der Waals surface area (Å²) in [5.74, 6) is 0. The van der Waals surface area contributed by atoms with Crippen LogP contribution < -0.4 is 5.73 Å². The maximum Gasteiger partial charge on any atom is 0.0600 e. The highest BCUT2D eigenvalue weighted by atomic mass is 14.8. The van der Waals surface area contributed by atoms with E-state index in [0.29, 0.717) is 0 Å². The van der Waals surface area contributed by atoms with E-state index in [0.717, 1.165) is 18.5 Å². The highest BCUT2D eigenvalue weighted by molar-refractivity contribution is 5.21. The van der Waals surface area contributed by atoms with Crippen molar-refractivity contribution in [2.75, 3.05) is 0 Å². The van der Waals surface area contributed by atoms with Crippen LogP contribution in [0.15, 0.2) is 48.7 Å². The molecular formula is C15H18N2. The van der Waals surface area contributed by atoms with Gasteiger partial charge in [-0.15, -0.1) is 0 Å². The zero-order valence-corrected chi connectivity index (χ0v) is 10.1. The van der Waals surface area contributed by atoms with Gasteiger partial charge < -0.3 is 5.73 Å². The van der Waals surface area contributed by atoms with Crippen LogP contribution in [0, 0.1) is 6.92 Å². The fourth-order valence-corrected chi connectivity index (χ4v) is 1.99. The topological polar surface area (TPSA) is 38.9 Å². The van der Waals surface area contributed by atoms with Gasteiger partial charge in [0.25, 0.3) is 0 Å². The Bertz CT molecular complexity index is 465. The number of hydrogen-bond donors (Lipinski definition) is 1. The Morgan fingerprint density at radius 3 is 2.59 bits per heavy atom. The molecule has 0 aliphatic carbocycles. The van der Waals surface area contributed by atoms with Crippen LogP contribution in [0.4, 0.5) is 0 Å². The van der Waals surface area contributed by atoms with Crippen molar-refractivity contribution in [2.24, 2.45) is 5.73 Å². The first-order valence-corrected chi connectivity index (χ1v) is 5.98. The third-order valence-electron chi connectivity index (χ3n) is 2.99. The Morgan fingerprint density at radius 1 is 1.12 bits per heavy atom. The molecule has 17 heavy (non-hydrogen) atoms. The summed E-state index contributed by atoms with van der Waals surface area (Å²) in [4.78, 5) is 4.37. The van der Waals surface area contributed by atoms with E-state index >= 15 is 0 Å². The molecule has 0 bridgehead atoms. The van der Waals surface area contributed by atoms with Crippen LogP contribution in [0.2, 0.25) is 0 Å². The van der Waals surface area contributed by atoms with Gasteiger partial charge in [0, 0.05) is 12.2 Å². The molecule has 2 rings (SSSR count). The molecule has 0 fully saturated rings. The third kappa shape index (κ3) is 3.14. The van der Waals surface area contributed by atoms with Crippen molar-refractivity contribution >= 4 is 0 Å². The summed E-state index contributed by atoms with van der Waals surface area (Å²) in [6.45, 7) is 2.06. The maximum atomic E-state index is 6.18. The number of hydrogen-bond acceptors (Lipinski definition) is 2. The Hall–Kier alpha value is -1.67. The van der Waals surface area contributed by atoms with Crippen LogP contribution >= 0.6 is 0 Å². The van der Waals surface area contributed by atoms with E-state index < -0.39 is 0 Å². The molecule has 0 radical (unpaired) electrons. The molecule has 2 aromatic rings. The van der Waals surface area contributed by atoms with Gasteiger partial charge in [0.15, 0.2) is 0 Å². The van der Waals surface area contributed by atoms with E-state index in [4.69, 9.17) is 5.73 Å². The molecule has 2 N–H and O–H groups in total. The molecule has 1 aromatic heterocycles. The predicted octanol–water partition coefficient (Wildman–Crippen LogP) is 3.02. The molecule has 0 saturated heterocycles. The lowest BCUT2D eigenvalue weighted by molar-refractivity contribution is 0.629. The van der Waals surface area contributed by atoms with E-state index in [9.17, 15) is 0 Å². The summed E-state index contributed by atoms with van der Waals surface area (Å²) in [7, 11) is 0. The van der Waals surface area contributed by atoms with Gasteiger partial charge in [0.2, 0.25) is 0 Å². The summed E-state index contributed by atoms with van der Waals surface area (Å²) in [5.41, 5.74) is 9.70. The molecule has 0 amide bonds. The van der Waals surface area contributed by atoms with E-state index in [-0.39, 0.29) is 6.04 Å². The predicted molar refractivity (Wildman–Crippen MR) is 70.7 cm³/mol. The lowest BCUT2D eigenvalue weighted by atomic mass is 10.0. The van der Waals surface area contributed by atoms with Crippen LogP contribution in [-0.2, 0) is 6.42 Å². The normalized spacial score (nSPS) is 12.4. The van der Waals surface area contributed by atoms with Gasteiger partial charge in [0.05, 0.1) is 5.69 Å². The van der Waals surface area contributed by atoms with E-state index in [2.05, 4.69) is 42.2 Å². The number of benzene rings is 1. The fourth-order valence-electron chi connectivity index (χ4n) is 1.99. The number of nitrogens with two attached hydrogens (primary N) is 1. The molecule has 0 aliphatic rings. The second-order valence-corrected chi connectivity index (χ2v) is 4.34. The molecule has 0 aliphatic heterocycles. The average Bonchev–Trinajstić information content (AvgIpc) is 2.38. The van der Waals surface area contributed by atoms with Gasteiger partial charge in [-0.05, 0) is 37.0 Å². The first-order chi connectivity index (χ1) is 8.27. The Balaban J connectivity index is 1.99. The first-order valence-electron chi connectivity index (χ1n) is 5.98. The molecule has 2 nitrogen and oxygen atoms in total. The van der Waals surface area contributed by atoms with E-state index in [1.54, 1.807) is 0 Å². The zero-order valence-electron chi connectivity index (χ0n) is 10.1. The second kappa shape index (κ2) is 5.60. The van der Waals surface area contributed by atoms with Crippen molar-refractivity contribution < 1.29 is 0 Å². The highest BCUT2D eigenvalue weighted by Crippen LogP contribution is 2.17. The molecule has 1 heterocycles. The summed E-state index contributed by atoms with van der Waals surface area (Å²) in [5, 5.41) is 0. The lowest BCUT2D eigenvalue weighted by Gasteiger charge is -2.13. The molecule has 1 unspecified atom stereocenters. The molecule has 1 atom stereocenters. The van der Waals surface area contributed by atoms with E-state index in [1.807, 2.05) is 18.3 Å². The summed E-state index contributed by atoms with van der Waals surface area (Å²) >= 11 is 0. The highest BCUT2D eigenvalue weighted by Gasteiger charge is 2.09. The number of aryl methyl sites for hydroxylation is 2. The number of rotatable bonds is 4. The summed E-state index contributed by atoms with van der Waals surface area (Å²) in [6.07, 6.45) is 3.74. The minimum Gasteiger partial charge on any atom is -0.323 e. The van der Waals surface area contributed by atoms with Crippen molar-refractivity contribution in [1.29, 1.82) is 0 Å². The van der Waals surface area contributed by atoms with Crippen molar-refractivity contribution in [2.45, 2.75) is 25.8 Å². The molecule has 0 spiro atoms. The summed E-state index contributed by atoms with van der Waals surface area (Å²) < 4.78 is 0. The molecular weight excluding hydrogens is 208 g/mol. The molecule has 2 heteroatoms. The number of nitrogens with zero attached hydrogens (tertiary/aromatic N) is 1. The van der Waals surface area contributed by atoms with Crippen LogP contribution in [-0.4, -0.2) is 4.98 Å². The van der Waals surface area contributed by atoms with Gasteiger partial charge in [-0.1, -0.05) is 36.4 Å². The van der Waals surface area contributed by atoms with Crippen molar-refractivity contribution in [3.63, 3.8) is 0 Å². The van der Waals surface area contributed by atoms with Crippen molar-refractivity contribution in [3.05, 3.63) is 65.5 Å². The fraction of sp³-hybridized carbons (Fsp3) is 0.267. The van der Waals surface area contributed by atoms with Crippen molar-refractivity contribution in [3.8, 4) is 0 Å². The first kappa shape index (κ1) is 11.8. The maximum absolute atomic E-state index is 6.18. The molecule has 0 saturated carbocycles. The van der Waals surface area contributed by atoms with Gasteiger partial charge >= 0.3 is 0 Å².